The number of nitrogens with one attached hydrogen (secondary N) is 1. The summed E-state index contributed by atoms with van der Waals surface area (Å²) in [4.78, 5) is 14.5. The third kappa shape index (κ3) is 3.20. The zero-order chi connectivity index (χ0) is 17.2. The van der Waals surface area contributed by atoms with Crippen LogP contribution in [0.5, 0.6) is 5.75 Å². The number of carbonyl (C=O) groups excluding carboxylic acids is 1. The van der Waals surface area contributed by atoms with Crippen LogP contribution in [0.2, 0.25) is 0 Å². The third-order valence-electron chi connectivity index (χ3n) is 5.10. The van der Waals surface area contributed by atoms with Gasteiger partial charge >= 0.3 is 6.03 Å². The highest BCUT2D eigenvalue weighted by atomic mass is 19.1. The smallest absolute Gasteiger partial charge is 0.318 e. The summed E-state index contributed by atoms with van der Waals surface area (Å²) in [7, 11) is 1.45. The van der Waals surface area contributed by atoms with Gasteiger partial charge in [-0.25, -0.2) is 9.18 Å². The van der Waals surface area contributed by atoms with Gasteiger partial charge in [-0.1, -0.05) is 19.1 Å². The molecular weight excluding hydrogens is 311 g/mol. The SMILES string of the molecule is COc1cccc(C2(NC(=O)N3CCC(C)C3)CCOCC2)c1F. The molecule has 2 aliphatic rings. The molecule has 0 spiro atoms. The Balaban J connectivity index is 1.89. The Hall–Kier alpha value is -1.82. The summed E-state index contributed by atoms with van der Waals surface area (Å²) in [5.74, 6) is 0.300. The van der Waals surface area contributed by atoms with Crippen molar-refractivity contribution in [1.82, 2.24) is 10.2 Å². The fraction of sp³-hybridized carbons (Fsp3) is 0.611. The van der Waals surface area contributed by atoms with Crippen LogP contribution in [0.15, 0.2) is 18.2 Å². The molecule has 132 valence electrons. The molecule has 5 nitrogen and oxygen atoms in total. The largest absolute Gasteiger partial charge is 0.494 e. The van der Waals surface area contributed by atoms with Gasteiger partial charge in [-0.05, 0) is 31.2 Å². The molecule has 2 heterocycles. The molecule has 2 aliphatic heterocycles. The number of likely N-dealkylation sites (tertiary alicyclic amines) is 1. The fourth-order valence-corrected chi connectivity index (χ4v) is 3.62. The molecule has 1 N–H and O–H groups in total. The van der Waals surface area contributed by atoms with Crippen LogP contribution in [0, 0.1) is 11.7 Å². The van der Waals surface area contributed by atoms with Crippen LogP contribution >= 0.6 is 0 Å². The summed E-state index contributed by atoms with van der Waals surface area (Å²) in [5.41, 5.74) is -0.273. The van der Waals surface area contributed by atoms with E-state index in [0.29, 0.717) is 37.5 Å². The van der Waals surface area contributed by atoms with Gasteiger partial charge in [0.1, 0.15) is 0 Å². The highest BCUT2D eigenvalue weighted by molar-refractivity contribution is 5.75. The average Bonchev–Trinajstić information content (AvgIpc) is 3.02. The van der Waals surface area contributed by atoms with Gasteiger partial charge in [-0.2, -0.15) is 0 Å². The van der Waals surface area contributed by atoms with Crippen molar-refractivity contribution in [2.75, 3.05) is 33.4 Å². The van der Waals surface area contributed by atoms with E-state index in [2.05, 4.69) is 12.2 Å². The lowest BCUT2D eigenvalue weighted by Crippen LogP contribution is -2.53. The van der Waals surface area contributed by atoms with Crippen molar-refractivity contribution in [2.45, 2.75) is 31.7 Å². The van der Waals surface area contributed by atoms with E-state index in [0.717, 1.165) is 19.5 Å². The topological polar surface area (TPSA) is 50.8 Å². The number of hydrogen-bond donors (Lipinski definition) is 1. The van der Waals surface area contributed by atoms with Gasteiger partial charge in [0.05, 0.1) is 12.6 Å². The van der Waals surface area contributed by atoms with Crippen LogP contribution in [0.3, 0.4) is 0 Å². The second-order valence-electron chi connectivity index (χ2n) is 6.79. The monoisotopic (exact) mass is 336 g/mol. The van der Waals surface area contributed by atoms with Crippen LogP contribution in [-0.2, 0) is 10.3 Å². The summed E-state index contributed by atoms with van der Waals surface area (Å²) >= 11 is 0. The van der Waals surface area contributed by atoms with Crippen molar-refractivity contribution in [3.05, 3.63) is 29.6 Å². The predicted molar refractivity (Wildman–Crippen MR) is 88.6 cm³/mol. The van der Waals surface area contributed by atoms with Crippen LogP contribution < -0.4 is 10.1 Å². The molecule has 0 bridgehead atoms. The first-order valence-electron chi connectivity index (χ1n) is 8.53. The number of carbonyl (C=O) groups is 1. The lowest BCUT2D eigenvalue weighted by molar-refractivity contribution is 0.0374. The molecule has 1 atom stereocenters. The molecule has 2 fully saturated rings. The lowest BCUT2D eigenvalue weighted by atomic mass is 9.82. The molecule has 1 unspecified atom stereocenters. The van der Waals surface area contributed by atoms with Crippen molar-refractivity contribution < 1.29 is 18.7 Å². The van der Waals surface area contributed by atoms with Crippen molar-refractivity contribution in [1.29, 1.82) is 0 Å². The van der Waals surface area contributed by atoms with Crippen LogP contribution in [0.4, 0.5) is 9.18 Å². The number of amides is 2. The first-order chi connectivity index (χ1) is 11.6. The quantitative estimate of drug-likeness (QED) is 0.923. The Kier molecular flexibility index (Phi) is 4.94. The Labute approximate surface area is 142 Å². The number of benzene rings is 1. The summed E-state index contributed by atoms with van der Waals surface area (Å²) in [5, 5.41) is 3.11. The second-order valence-corrected chi connectivity index (χ2v) is 6.79. The van der Waals surface area contributed by atoms with Crippen molar-refractivity contribution in [3.8, 4) is 5.75 Å². The number of nitrogens with zero attached hydrogens (tertiary/aromatic N) is 1. The van der Waals surface area contributed by atoms with Crippen molar-refractivity contribution in [3.63, 3.8) is 0 Å². The van der Waals surface area contributed by atoms with E-state index in [1.165, 1.54) is 7.11 Å². The van der Waals surface area contributed by atoms with Gasteiger partial charge < -0.3 is 19.7 Å². The molecule has 2 saturated heterocycles. The molecule has 24 heavy (non-hydrogen) atoms. The first-order valence-corrected chi connectivity index (χ1v) is 8.53. The molecule has 0 aromatic heterocycles. The van der Waals surface area contributed by atoms with Crippen LogP contribution in [-0.4, -0.2) is 44.3 Å². The van der Waals surface area contributed by atoms with E-state index in [1.807, 2.05) is 4.90 Å². The zero-order valence-electron chi connectivity index (χ0n) is 14.3. The van der Waals surface area contributed by atoms with Gasteiger partial charge in [0.15, 0.2) is 11.6 Å². The zero-order valence-corrected chi connectivity index (χ0v) is 14.3. The Bertz CT molecular complexity index is 602. The lowest BCUT2D eigenvalue weighted by Gasteiger charge is -2.39. The molecule has 2 amide bonds. The Morgan fingerprint density at radius 3 is 2.79 bits per heavy atom. The number of ether oxygens (including phenoxy) is 2. The van der Waals surface area contributed by atoms with Gasteiger partial charge in [0.2, 0.25) is 0 Å². The molecule has 6 heteroatoms. The van der Waals surface area contributed by atoms with E-state index >= 15 is 0 Å². The van der Waals surface area contributed by atoms with E-state index in [9.17, 15) is 9.18 Å². The molecular formula is C18H25FN2O3. The summed E-state index contributed by atoms with van der Waals surface area (Å²) in [6, 6.07) is 4.97. The van der Waals surface area contributed by atoms with Gasteiger partial charge in [-0.3, -0.25) is 0 Å². The highest BCUT2D eigenvalue weighted by Gasteiger charge is 2.40. The molecule has 1 aromatic rings. The normalized spacial score (nSPS) is 23.1. The molecule has 0 aliphatic carbocycles. The predicted octanol–water partition coefficient (Wildman–Crippen LogP) is 2.89. The standard InChI is InChI=1S/C18H25FN2O3/c1-13-6-9-21(12-13)17(22)20-18(7-10-24-11-8-18)14-4-3-5-15(23-2)16(14)19/h3-5,13H,6-12H2,1-2H3,(H,20,22). The van der Waals surface area contributed by atoms with Crippen LogP contribution in [0.1, 0.15) is 31.7 Å². The van der Waals surface area contributed by atoms with Gasteiger partial charge in [0, 0.05) is 31.9 Å². The number of hydrogen-bond acceptors (Lipinski definition) is 3. The number of urea groups is 1. The summed E-state index contributed by atoms with van der Waals surface area (Å²) in [6.07, 6.45) is 2.11. The Morgan fingerprint density at radius 1 is 1.42 bits per heavy atom. The maximum Gasteiger partial charge on any atom is 0.318 e. The van der Waals surface area contributed by atoms with Crippen molar-refractivity contribution in [2.24, 2.45) is 5.92 Å². The minimum absolute atomic E-state index is 0.122. The third-order valence-corrected chi connectivity index (χ3v) is 5.10. The molecule has 1 aromatic carbocycles. The van der Waals surface area contributed by atoms with Gasteiger partial charge in [-0.15, -0.1) is 0 Å². The fourth-order valence-electron chi connectivity index (χ4n) is 3.62. The summed E-state index contributed by atoms with van der Waals surface area (Å²) in [6.45, 7) is 4.62. The maximum atomic E-state index is 14.9. The Morgan fingerprint density at radius 2 is 2.17 bits per heavy atom. The van der Waals surface area contributed by atoms with Gasteiger partial charge in [0.25, 0.3) is 0 Å². The first kappa shape index (κ1) is 17.0. The second kappa shape index (κ2) is 6.97. The van der Waals surface area contributed by atoms with Crippen molar-refractivity contribution >= 4 is 6.03 Å². The molecule has 0 radical (unpaired) electrons. The maximum absolute atomic E-state index is 14.9. The van der Waals surface area contributed by atoms with Crippen LogP contribution in [0.25, 0.3) is 0 Å². The number of methoxy groups -OCH3 is 1. The minimum atomic E-state index is -0.750. The van der Waals surface area contributed by atoms with E-state index < -0.39 is 11.4 Å². The van der Waals surface area contributed by atoms with E-state index in [-0.39, 0.29) is 11.8 Å². The van der Waals surface area contributed by atoms with E-state index in [4.69, 9.17) is 9.47 Å². The number of halogens is 1. The molecule has 0 saturated carbocycles. The number of rotatable bonds is 3. The molecule has 3 rings (SSSR count). The van der Waals surface area contributed by atoms with E-state index in [1.54, 1.807) is 18.2 Å². The minimum Gasteiger partial charge on any atom is -0.494 e. The summed E-state index contributed by atoms with van der Waals surface area (Å²) < 4.78 is 25.4. The average molecular weight is 336 g/mol. The highest BCUT2D eigenvalue weighted by Crippen LogP contribution is 2.37.